The first-order valence-corrected chi connectivity index (χ1v) is 10.2. The Kier molecular flexibility index (Phi) is 6.27. The van der Waals surface area contributed by atoms with E-state index in [4.69, 9.17) is 0 Å². The summed E-state index contributed by atoms with van der Waals surface area (Å²) in [5, 5.41) is 12.6. The first-order chi connectivity index (χ1) is 15.6. The van der Waals surface area contributed by atoms with Crippen LogP contribution < -0.4 is 21.3 Å². The van der Waals surface area contributed by atoms with Crippen molar-refractivity contribution in [3.05, 3.63) is 96.4 Å². The van der Waals surface area contributed by atoms with Crippen molar-refractivity contribution in [2.45, 2.75) is 6.92 Å². The molecule has 0 saturated heterocycles. The molecule has 0 aliphatic rings. The number of rotatable bonds is 7. The minimum Gasteiger partial charge on any atom is -0.373 e. The molecular formula is C25H24N6O. The first kappa shape index (κ1) is 20.9. The van der Waals surface area contributed by atoms with Gasteiger partial charge in [0.25, 0.3) is 5.91 Å². The van der Waals surface area contributed by atoms with E-state index in [-0.39, 0.29) is 5.91 Å². The predicted molar refractivity (Wildman–Crippen MR) is 130 cm³/mol. The lowest BCUT2D eigenvalue weighted by Gasteiger charge is -2.12. The Morgan fingerprint density at radius 3 is 2.19 bits per heavy atom. The topological polar surface area (TPSA) is 91.0 Å². The maximum absolute atomic E-state index is 12.7. The highest BCUT2D eigenvalue weighted by Crippen LogP contribution is 2.23. The fourth-order valence-electron chi connectivity index (χ4n) is 3.22. The van der Waals surface area contributed by atoms with Gasteiger partial charge in [-0.1, -0.05) is 6.07 Å². The van der Waals surface area contributed by atoms with E-state index in [9.17, 15) is 4.79 Å². The lowest BCUT2D eigenvalue weighted by molar-refractivity contribution is 0.102. The number of nitrogens with zero attached hydrogens (tertiary/aromatic N) is 2. The van der Waals surface area contributed by atoms with Crippen LogP contribution in [0.15, 0.2) is 85.2 Å². The van der Waals surface area contributed by atoms with Crippen LogP contribution in [0.3, 0.4) is 0 Å². The van der Waals surface area contributed by atoms with Crippen LogP contribution in [0.4, 0.5) is 34.3 Å². The van der Waals surface area contributed by atoms with Gasteiger partial charge in [0.15, 0.2) is 0 Å². The summed E-state index contributed by atoms with van der Waals surface area (Å²) in [6.45, 7) is 1.94. The summed E-state index contributed by atoms with van der Waals surface area (Å²) in [4.78, 5) is 21.1. The summed E-state index contributed by atoms with van der Waals surface area (Å²) in [5.74, 6) is 0.619. The Hall–Kier alpha value is -4.39. The first-order valence-electron chi connectivity index (χ1n) is 10.2. The Morgan fingerprint density at radius 1 is 0.750 bits per heavy atom. The molecule has 160 valence electrons. The third kappa shape index (κ3) is 5.40. The van der Waals surface area contributed by atoms with E-state index < -0.39 is 0 Å². The number of hydrogen-bond donors (Lipinski definition) is 4. The van der Waals surface area contributed by atoms with Crippen LogP contribution in [0.1, 0.15) is 16.1 Å². The minimum atomic E-state index is -0.171. The molecule has 2 heterocycles. The number of hydrogen-bond acceptors (Lipinski definition) is 6. The molecule has 32 heavy (non-hydrogen) atoms. The van der Waals surface area contributed by atoms with Gasteiger partial charge in [-0.15, -0.1) is 0 Å². The van der Waals surface area contributed by atoms with Gasteiger partial charge in [-0.3, -0.25) is 9.78 Å². The second kappa shape index (κ2) is 9.61. The van der Waals surface area contributed by atoms with Crippen LogP contribution in [0.25, 0.3) is 0 Å². The molecule has 4 aromatic rings. The number of amides is 1. The van der Waals surface area contributed by atoms with Crippen molar-refractivity contribution in [2.75, 3.05) is 28.3 Å². The van der Waals surface area contributed by atoms with Crippen LogP contribution >= 0.6 is 0 Å². The molecule has 0 atom stereocenters. The third-order valence-electron chi connectivity index (χ3n) is 4.73. The largest absolute Gasteiger partial charge is 0.373 e. The monoisotopic (exact) mass is 424 g/mol. The quantitative estimate of drug-likeness (QED) is 0.310. The fourth-order valence-corrected chi connectivity index (χ4v) is 3.22. The van der Waals surface area contributed by atoms with Crippen molar-refractivity contribution in [3.8, 4) is 0 Å². The number of pyridine rings is 2. The van der Waals surface area contributed by atoms with Crippen LogP contribution in [0.5, 0.6) is 0 Å². The summed E-state index contributed by atoms with van der Waals surface area (Å²) in [5.41, 5.74) is 5.81. The molecule has 7 heteroatoms. The van der Waals surface area contributed by atoms with Gasteiger partial charge >= 0.3 is 0 Å². The molecule has 7 nitrogen and oxygen atoms in total. The zero-order valence-corrected chi connectivity index (χ0v) is 17.9. The number of nitrogens with one attached hydrogen (secondary N) is 4. The molecule has 4 rings (SSSR count). The number of aromatic nitrogens is 2. The van der Waals surface area contributed by atoms with E-state index >= 15 is 0 Å². The predicted octanol–water partition coefficient (Wildman–Crippen LogP) is 5.57. The van der Waals surface area contributed by atoms with Crippen molar-refractivity contribution < 1.29 is 4.79 Å². The molecule has 2 aromatic heterocycles. The van der Waals surface area contributed by atoms with Crippen LogP contribution in [-0.2, 0) is 0 Å². The highest BCUT2D eigenvalue weighted by atomic mass is 16.1. The van der Waals surface area contributed by atoms with Crippen molar-refractivity contribution in [1.29, 1.82) is 0 Å². The molecule has 0 saturated carbocycles. The molecule has 0 aliphatic heterocycles. The zero-order valence-electron chi connectivity index (χ0n) is 17.9. The van der Waals surface area contributed by atoms with Crippen molar-refractivity contribution in [1.82, 2.24) is 9.97 Å². The van der Waals surface area contributed by atoms with E-state index in [2.05, 4.69) is 31.2 Å². The molecular weight excluding hydrogens is 400 g/mol. The van der Waals surface area contributed by atoms with Gasteiger partial charge in [0.05, 0.1) is 0 Å². The van der Waals surface area contributed by atoms with E-state index in [1.807, 2.05) is 74.6 Å². The maximum atomic E-state index is 12.7. The van der Waals surface area contributed by atoms with Gasteiger partial charge in [-0.2, -0.15) is 0 Å². The Labute approximate surface area is 186 Å². The molecule has 0 unspecified atom stereocenters. The number of carbonyl (C=O) groups excluding carboxylic acids is 1. The zero-order chi connectivity index (χ0) is 22.3. The molecule has 1 amide bonds. The van der Waals surface area contributed by atoms with E-state index in [1.165, 1.54) is 0 Å². The smallest absolute Gasteiger partial charge is 0.255 e. The second-order valence-electron chi connectivity index (χ2n) is 7.23. The Bertz CT molecular complexity index is 1210. The molecule has 2 aromatic carbocycles. The molecule has 0 bridgehead atoms. The van der Waals surface area contributed by atoms with Crippen molar-refractivity contribution in [3.63, 3.8) is 0 Å². The molecule has 0 radical (unpaired) electrons. The average molecular weight is 425 g/mol. The van der Waals surface area contributed by atoms with E-state index in [0.717, 1.165) is 34.3 Å². The SMILES string of the molecule is CNc1cc(Nc2cccc(NC(=O)c3ccc(Nc4ccncc4)cc3)c2)cc(C)n1. The van der Waals surface area contributed by atoms with Crippen molar-refractivity contribution >= 4 is 40.2 Å². The van der Waals surface area contributed by atoms with Gasteiger partial charge in [-0.25, -0.2) is 4.98 Å². The lowest BCUT2D eigenvalue weighted by atomic mass is 10.1. The normalized spacial score (nSPS) is 10.3. The van der Waals surface area contributed by atoms with Crippen molar-refractivity contribution in [2.24, 2.45) is 0 Å². The Balaban J connectivity index is 1.42. The van der Waals surface area contributed by atoms with Crippen LogP contribution in [-0.4, -0.2) is 22.9 Å². The lowest BCUT2D eigenvalue weighted by Crippen LogP contribution is -2.11. The summed E-state index contributed by atoms with van der Waals surface area (Å²) in [7, 11) is 1.84. The maximum Gasteiger partial charge on any atom is 0.255 e. The number of carbonyl (C=O) groups is 1. The Morgan fingerprint density at radius 2 is 1.44 bits per heavy atom. The summed E-state index contributed by atoms with van der Waals surface area (Å²) in [6, 6.07) is 22.6. The molecule has 0 spiro atoms. The average Bonchev–Trinajstić information content (AvgIpc) is 2.80. The number of aryl methyl sites for hydroxylation is 1. The highest BCUT2D eigenvalue weighted by Gasteiger charge is 2.07. The van der Waals surface area contributed by atoms with E-state index in [0.29, 0.717) is 11.3 Å². The fraction of sp³-hybridized carbons (Fsp3) is 0.0800. The van der Waals surface area contributed by atoms with Crippen LogP contribution in [0, 0.1) is 6.92 Å². The number of anilines is 6. The molecule has 4 N–H and O–H groups in total. The van der Waals surface area contributed by atoms with E-state index in [1.54, 1.807) is 24.5 Å². The van der Waals surface area contributed by atoms with Gasteiger partial charge in [0.2, 0.25) is 0 Å². The second-order valence-corrected chi connectivity index (χ2v) is 7.23. The van der Waals surface area contributed by atoms with Gasteiger partial charge in [0, 0.05) is 65.2 Å². The summed E-state index contributed by atoms with van der Waals surface area (Å²) >= 11 is 0. The number of benzene rings is 2. The minimum absolute atomic E-state index is 0.171. The third-order valence-corrected chi connectivity index (χ3v) is 4.73. The molecule has 0 fully saturated rings. The van der Waals surface area contributed by atoms with Crippen LogP contribution in [0.2, 0.25) is 0 Å². The highest BCUT2D eigenvalue weighted by molar-refractivity contribution is 6.04. The van der Waals surface area contributed by atoms with Gasteiger partial charge in [0.1, 0.15) is 5.82 Å². The summed E-state index contributed by atoms with van der Waals surface area (Å²) < 4.78 is 0. The summed E-state index contributed by atoms with van der Waals surface area (Å²) in [6.07, 6.45) is 3.45. The standard InChI is InChI=1S/C25H24N6O/c1-17-14-23(16-24(26-2)28-17)30-21-4-3-5-22(15-21)31-25(32)18-6-8-19(9-7-18)29-20-10-12-27-13-11-20/h3-16H,1-2H3,(H,27,29)(H,31,32)(H2,26,28,30). The molecule has 0 aliphatic carbocycles. The van der Waals surface area contributed by atoms with Gasteiger partial charge in [-0.05, 0) is 67.6 Å². The van der Waals surface area contributed by atoms with Gasteiger partial charge < -0.3 is 21.3 Å².